The number of ether oxygens (including phenoxy) is 2. The van der Waals surface area contributed by atoms with Gasteiger partial charge in [-0.15, -0.1) is 0 Å². The number of nitrogens with one attached hydrogen (secondary N) is 1. The van der Waals surface area contributed by atoms with Crippen molar-refractivity contribution < 1.29 is 14.3 Å². The SMILES string of the molecule is Nc1cc(NC(=O)COC2CCOC2)ccc1Cl. The van der Waals surface area contributed by atoms with Crippen LogP contribution in [0.15, 0.2) is 18.2 Å². The topological polar surface area (TPSA) is 73.6 Å². The lowest BCUT2D eigenvalue weighted by Crippen LogP contribution is -2.23. The molecule has 1 aliphatic heterocycles. The summed E-state index contributed by atoms with van der Waals surface area (Å²) >= 11 is 5.79. The lowest BCUT2D eigenvalue weighted by molar-refractivity contribution is -0.122. The van der Waals surface area contributed by atoms with E-state index in [1.54, 1.807) is 18.2 Å². The highest BCUT2D eigenvalue weighted by Crippen LogP contribution is 2.22. The Labute approximate surface area is 110 Å². The molecule has 0 bridgehead atoms. The van der Waals surface area contributed by atoms with Crippen LogP contribution in [0.4, 0.5) is 11.4 Å². The highest BCUT2D eigenvalue weighted by Gasteiger charge is 2.17. The van der Waals surface area contributed by atoms with Gasteiger partial charge in [0.05, 0.1) is 23.4 Å². The molecule has 1 amide bonds. The molecule has 2 rings (SSSR count). The minimum Gasteiger partial charge on any atom is -0.397 e. The molecule has 98 valence electrons. The molecule has 0 spiro atoms. The third-order valence-corrected chi connectivity index (χ3v) is 2.96. The van der Waals surface area contributed by atoms with Crippen LogP contribution in [0.2, 0.25) is 5.02 Å². The molecule has 1 aliphatic rings. The van der Waals surface area contributed by atoms with Crippen LogP contribution in [-0.2, 0) is 14.3 Å². The highest BCUT2D eigenvalue weighted by molar-refractivity contribution is 6.33. The van der Waals surface area contributed by atoms with Gasteiger partial charge in [-0.25, -0.2) is 0 Å². The Kier molecular flexibility index (Phi) is 4.41. The van der Waals surface area contributed by atoms with E-state index in [0.717, 1.165) is 6.42 Å². The standard InChI is InChI=1S/C12H15ClN2O3/c13-10-2-1-8(5-11(10)14)15-12(16)7-18-9-3-4-17-6-9/h1-2,5,9H,3-4,6-7,14H2,(H,15,16). The van der Waals surface area contributed by atoms with Crippen LogP contribution in [0, 0.1) is 0 Å². The van der Waals surface area contributed by atoms with Crippen LogP contribution < -0.4 is 11.1 Å². The van der Waals surface area contributed by atoms with Crippen molar-refractivity contribution in [3.63, 3.8) is 0 Å². The summed E-state index contributed by atoms with van der Waals surface area (Å²) in [5.41, 5.74) is 6.67. The average molecular weight is 271 g/mol. The molecule has 1 heterocycles. The maximum atomic E-state index is 11.6. The second-order valence-corrected chi connectivity index (χ2v) is 4.49. The van der Waals surface area contributed by atoms with Gasteiger partial charge in [0, 0.05) is 12.3 Å². The lowest BCUT2D eigenvalue weighted by atomic mass is 10.3. The second kappa shape index (κ2) is 6.04. The molecule has 18 heavy (non-hydrogen) atoms. The zero-order valence-corrected chi connectivity index (χ0v) is 10.6. The molecule has 5 nitrogen and oxygen atoms in total. The first-order valence-corrected chi connectivity index (χ1v) is 6.07. The van der Waals surface area contributed by atoms with Gasteiger partial charge in [0.15, 0.2) is 0 Å². The van der Waals surface area contributed by atoms with E-state index in [9.17, 15) is 4.79 Å². The Morgan fingerprint density at radius 2 is 2.44 bits per heavy atom. The summed E-state index contributed by atoms with van der Waals surface area (Å²) in [6.45, 7) is 1.26. The van der Waals surface area contributed by atoms with Crippen molar-refractivity contribution in [1.82, 2.24) is 0 Å². The predicted octanol–water partition coefficient (Wildman–Crippen LogP) is 1.67. The Hall–Kier alpha value is -1.30. The van der Waals surface area contributed by atoms with Gasteiger partial charge in [-0.3, -0.25) is 4.79 Å². The van der Waals surface area contributed by atoms with E-state index in [-0.39, 0.29) is 18.6 Å². The van der Waals surface area contributed by atoms with Crippen LogP contribution in [0.25, 0.3) is 0 Å². The number of benzene rings is 1. The molecule has 6 heteroatoms. The molecule has 1 aromatic rings. The number of nitrogen functional groups attached to an aromatic ring is 1. The number of carbonyl (C=O) groups is 1. The molecule has 0 aliphatic carbocycles. The number of nitrogens with two attached hydrogens (primary N) is 1. The fraction of sp³-hybridized carbons (Fsp3) is 0.417. The molecule has 3 N–H and O–H groups in total. The summed E-state index contributed by atoms with van der Waals surface area (Å²) in [7, 11) is 0. The summed E-state index contributed by atoms with van der Waals surface area (Å²) in [6, 6.07) is 4.94. The van der Waals surface area contributed by atoms with Crippen LogP contribution in [0.3, 0.4) is 0 Å². The number of hydrogen-bond acceptors (Lipinski definition) is 4. The van der Waals surface area contributed by atoms with Gasteiger partial charge < -0.3 is 20.5 Å². The first kappa shape index (κ1) is 13.1. The molecule has 1 fully saturated rings. The first-order valence-electron chi connectivity index (χ1n) is 5.69. The Morgan fingerprint density at radius 3 is 3.11 bits per heavy atom. The summed E-state index contributed by atoms with van der Waals surface area (Å²) in [6.07, 6.45) is 0.854. The maximum Gasteiger partial charge on any atom is 0.250 e. The van der Waals surface area contributed by atoms with Crippen molar-refractivity contribution in [3.05, 3.63) is 23.2 Å². The van der Waals surface area contributed by atoms with Crippen LogP contribution >= 0.6 is 11.6 Å². The fourth-order valence-electron chi connectivity index (χ4n) is 1.66. The Balaban J connectivity index is 1.80. The van der Waals surface area contributed by atoms with Crippen LogP contribution in [0.5, 0.6) is 0 Å². The van der Waals surface area contributed by atoms with E-state index in [1.807, 2.05) is 0 Å². The van der Waals surface area contributed by atoms with Crippen LogP contribution in [0.1, 0.15) is 6.42 Å². The number of rotatable bonds is 4. The molecule has 0 radical (unpaired) electrons. The van der Waals surface area contributed by atoms with Gasteiger partial charge in [-0.05, 0) is 24.6 Å². The van der Waals surface area contributed by atoms with Gasteiger partial charge in [0.25, 0.3) is 0 Å². The zero-order chi connectivity index (χ0) is 13.0. The van der Waals surface area contributed by atoms with Gasteiger partial charge in [-0.2, -0.15) is 0 Å². The molecule has 1 saturated heterocycles. The van der Waals surface area contributed by atoms with E-state index in [4.69, 9.17) is 26.8 Å². The molecular weight excluding hydrogens is 256 g/mol. The Morgan fingerprint density at radius 1 is 1.61 bits per heavy atom. The minimum absolute atomic E-state index is 0.0105. The highest BCUT2D eigenvalue weighted by atomic mass is 35.5. The quantitative estimate of drug-likeness (QED) is 0.816. The van der Waals surface area contributed by atoms with Gasteiger partial charge in [-0.1, -0.05) is 11.6 Å². The van der Waals surface area contributed by atoms with Gasteiger partial charge >= 0.3 is 0 Å². The summed E-state index contributed by atoms with van der Waals surface area (Å²) < 4.78 is 10.5. The van der Waals surface area contributed by atoms with Crippen molar-refractivity contribution in [2.75, 3.05) is 30.9 Å². The molecule has 1 atom stereocenters. The van der Waals surface area contributed by atoms with Crippen molar-refractivity contribution in [1.29, 1.82) is 0 Å². The van der Waals surface area contributed by atoms with Gasteiger partial charge in [0.2, 0.25) is 5.91 Å². The first-order chi connectivity index (χ1) is 8.65. The minimum atomic E-state index is -0.219. The van der Waals surface area contributed by atoms with Crippen molar-refractivity contribution >= 4 is 28.9 Å². The van der Waals surface area contributed by atoms with Crippen LogP contribution in [-0.4, -0.2) is 31.8 Å². The normalized spacial score (nSPS) is 18.8. The smallest absolute Gasteiger partial charge is 0.250 e. The average Bonchev–Trinajstić information content (AvgIpc) is 2.84. The third kappa shape index (κ3) is 3.60. The molecule has 0 saturated carbocycles. The summed E-state index contributed by atoms with van der Waals surface area (Å²) in [5.74, 6) is -0.219. The van der Waals surface area contributed by atoms with Gasteiger partial charge in [0.1, 0.15) is 6.61 Å². The number of halogens is 1. The third-order valence-electron chi connectivity index (χ3n) is 2.62. The molecule has 1 unspecified atom stereocenters. The summed E-state index contributed by atoms with van der Waals surface area (Å²) in [4.78, 5) is 11.6. The number of amides is 1. The Bertz CT molecular complexity index is 433. The number of carbonyl (C=O) groups excluding carboxylic acids is 1. The molecule has 1 aromatic carbocycles. The second-order valence-electron chi connectivity index (χ2n) is 4.08. The number of anilines is 2. The van der Waals surface area contributed by atoms with E-state index < -0.39 is 0 Å². The van der Waals surface area contributed by atoms with E-state index in [2.05, 4.69) is 5.32 Å². The van der Waals surface area contributed by atoms with Crippen molar-refractivity contribution in [2.45, 2.75) is 12.5 Å². The molecule has 0 aromatic heterocycles. The van der Waals surface area contributed by atoms with Crippen molar-refractivity contribution in [2.24, 2.45) is 0 Å². The zero-order valence-electron chi connectivity index (χ0n) is 9.82. The fourth-order valence-corrected chi connectivity index (χ4v) is 1.77. The monoisotopic (exact) mass is 270 g/mol. The lowest BCUT2D eigenvalue weighted by Gasteiger charge is -2.10. The largest absolute Gasteiger partial charge is 0.397 e. The maximum absolute atomic E-state index is 11.6. The van der Waals surface area contributed by atoms with E-state index in [0.29, 0.717) is 29.6 Å². The van der Waals surface area contributed by atoms with E-state index in [1.165, 1.54) is 0 Å². The van der Waals surface area contributed by atoms with Crippen molar-refractivity contribution in [3.8, 4) is 0 Å². The summed E-state index contributed by atoms with van der Waals surface area (Å²) in [5, 5.41) is 3.16. The number of hydrogen-bond donors (Lipinski definition) is 2. The predicted molar refractivity (Wildman–Crippen MR) is 69.7 cm³/mol. The van der Waals surface area contributed by atoms with E-state index >= 15 is 0 Å². The molecular formula is C12H15ClN2O3.